The number of thiophene rings is 1. The van der Waals surface area contributed by atoms with Gasteiger partial charge in [0.2, 0.25) is 11.7 Å². The number of rotatable bonds is 3. The third kappa shape index (κ3) is 2.00. The number of nitrogens with one attached hydrogen (secondary N) is 1. The number of hydrogen-bond acceptors (Lipinski definition) is 5. The number of likely N-dealkylation sites (N-methyl/N-ethyl adjacent to an activating group) is 1. The molecule has 1 N–H and O–H groups in total. The van der Waals surface area contributed by atoms with Crippen LogP contribution in [0.3, 0.4) is 0 Å². The summed E-state index contributed by atoms with van der Waals surface area (Å²) in [5, 5.41) is 9.42. The topological polar surface area (TPSA) is 51.0 Å². The maximum Gasteiger partial charge on any atom is 0.231 e. The maximum absolute atomic E-state index is 5.41. The molecule has 3 rings (SSSR count). The van der Waals surface area contributed by atoms with Crippen molar-refractivity contribution in [2.75, 3.05) is 7.05 Å². The molecule has 0 unspecified atom stereocenters. The lowest BCUT2D eigenvalue weighted by Crippen LogP contribution is -2.27. The van der Waals surface area contributed by atoms with Gasteiger partial charge in [-0.25, -0.2) is 0 Å². The minimum absolute atomic E-state index is 0.376. The molecule has 0 bridgehead atoms. The van der Waals surface area contributed by atoms with Crippen molar-refractivity contribution >= 4 is 11.3 Å². The van der Waals surface area contributed by atoms with Crippen molar-refractivity contribution in [3.63, 3.8) is 0 Å². The van der Waals surface area contributed by atoms with E-state index in [1.165, 1.54) is 12.8 Å². The van der Waals surface area contributed by atoms with Crippen LogP contribution in [0.4, 0.5) is 0 Å². The van der Waals surface area contributed by atoms with Gasteiger partial charge in [0.15, 0.2) is 0 Å². The van der Waals surface area contributed by atoms with E-state index in [9.17, 15) is 0 Å². The Hall–Kier alpha value is -1.20. The molecular formula is C12H15N3OS. The standard InChI is InChI=1S/C12H15N3OS/c1-13-9-5-2-4-8(9)12-14-11(15-16-12)10-6-3-7-17-10/h3,6-9,13H,2,4-5H2,1H3/t8-,9-/m0/s1. The fourth-order valence-corrected chi connectivity index (χ4v) is 3.14. The molecule has 0 aliphatic heterocycles. The lowest BCUT2D eigenvalue weighted by molar-refractivity contribution is 0.335. The van der Waals surface area contributed by atoms with Gasteiger partial charge in [-0.05, 0) is 31.3 Å². The predicted octanol–water partition coefficient (Wildman–Crippen LogP) is 2.65. The second kappa shape index (κ2) is 4.58. The molecule has 0 saturated heterocycles. The third-order valence-corrected chi connectivity index (χ3v) is 4.25. The summed E-state index contributed by atoms with van der Waals surface area (Å²) in [5.41, 5.74) is 0. The minimum Gasteiger partial charge on any atom is -0.339 e. The van der Waals surface area contributed by atoms with E-state index in [-0.39, 0.29) is 0 Å². The normalized spacial score (nSPS) is 24.3. The Bertz CT molecular complexity index is 480. The number of nitrogens with zero attached hydrogens (tertiary/aromatic N) is 2. The van der Waals surface area contributed by atoms with E-state index < -0.39 is 0 Å². The van der Waals surface area contributed by atoms with E-state index in [0.29, 0.717) is 12.0 Å². The van der Waals surface area contributed by atoms with Crippen molar-refractivity contribution in [2.24, 2.45) is 0 Å². The van der Waals surface area contributed by atoms with Crippen molar-refractivity contribution in [1.82, 2.24) is 15.5 Å². The lowest BCUT2D eigenvalue weighted by atomic mass is 10.0. The first-order valence-corrected chi connectivity index (χ1v) is 6.81. The Balaban J connectivity index is 1.85. The molecule has 0 spiro atoms. The van der Waals surface area contributed by atoms with Gasteiger partial charge in [-0.3, -0.25) is 0 Å². The van der Waals surface area contributed by atoms with Crippen molar-refractivity contribution in [2.45, 2.75) is 31.2 Å². The van der Waals surface area contributed by atoms with Crippen LogP contribution in [0.25, 0.3) is 10.7 Å². The quantitative estimate of drug-likeness (QED) is 0.908. The van der Waals surface area contributed by atoms with Crippen LogP contribution in [0.5, 0.6) is 0 Å². The van der Waals surface area contributed by atoms with Gasteiger partial charge in [0.1, 0.15) is 0 Å². The largest absolute Gasteiger partial charge is 0.339 e. The first-order chi connectivity index (χ1) is 8.38. The highest BCUT2D eigenvalue weighted by atomic mass is 32.1. The van der Waals surface area contributed by atoms with Gasteiger partial charge >= 0.3 is 0 Å². The van der Waals surface area contributed by atoms with Gasteiger partial charge in [-0.1, -0.05) is 17.6 Å². The highest BCUT2D eigenvalue weighted by molar-refractivity contribution is 7.13. The average Bonchev–Trinajstić information content (AvgIpc) is 3.09. The Labute approximate surface area is 104 Å². The summed E-state index contributed by atoms with van der Waals surface area (Å²) in [6.45, 7) is 0. The summed E-state index contributed by atoms with van der Waals surface area (Å²) in [6.07, 6.45) is 3.56. The molecule has 1 aliphatic carbocycles. The molecular weight excluding hydrogens is 234 g/mol. The molecule has 1 saturated carbocycles. The van der Waals surface area contributed by atoms with E-state index in [0.717, 1.165) is 23.0 Å². The molecule has 0 radical (unpaired) electrons. The van der Waals surface area contributed by atoms with Crippen molar-refractivity contribution in [3.05, 3.63) is 23.4 Å². The van der Waals surface area contributed by atoms with Crippen LogP contribution in [0, 0.1) is 0 Å². The third-order valence-electron chi connectivity index (χ3n) is 3.39. The first-order valence-electron chi connectivity index (χ1n) is 5.93. The zero-order valence-electron chi connectivity index (χ0n) is 9.72. The molecule has 1 aliphatic rings. The van der Waals surface area contributed by atoms with Gasteiger partial charge < -0.3 is 9.84 Å². The second-order valence-electron chi connectivity index (χ2n) is 4.37. The SMILES string of the molecule is CN[C@H]1CCC[C@@H]1c1nc(-c2cccs2)no1. The Morgan fingerprint density at radius 3 is 3.18 bits per heavy atom. The first kappa shape index (κ1) is 10.9. The molecule has 5 heteroatoms. The molecule has 90 valence electrons. The van der Waals surface area contributed by atoms with Crippen LogP contribution in [0.15, 0.2) is 22.0 Å². The molecule has 0 amide bonds. The summed E-state index contributed by atoms with van der Waals surface area (Å²) in [5.74, 6) is 1.88. The molecule has 2 aromatic rings. The van der Waals surface area contributed by atoms with Crippen molar-refractivity contribution in [3.8, 4) is 10.7 Å². The van der Waals surface area contributed by atoms with Crippen molar-refractivity contribution in [1.29, 1.82) is 0 Å². The van der Waals surface area contributed by atoms with E-state index in [1.54, 1.807) is 11.3 Å². The molecule has 2 aromatic heterocycles. The Morgan fingerprint density at radius 2 is 2.41 bits per heavy atom. The van der Waals surface area contributed by atoms with Gasteiger partial charge in [-0.2, -0.15) is 4.98 Å². The Kier molecular flexibility index (Phi) is 2.94. The summed E-state index contributed by atoms with van der Waals surface area (Å²) < 4.78 is 5.41. The molecule has 4 nitrogen and oxygen atoms in total. The number of aromatic nitrogens is 2. The smallest absolute Gasteiger partial charge is 0.231 e. The minimum atomic E-state index is 0.376. The van der Waals surface area contributed by atoms with Crippen LogP contribution < -0.4 is 5.32 Å². The van der Waals surface area contributed by atoms with E-state index >= 15 is 0 Å². The number of hydrogen-bond donors (Lipinski definition) is 1. The monoisotopic (exact) mass is 249 g/mol. The Morgan fingerprint density at radius 1 is 1.47 bits per heavy atom. The molecule has 2 heterocycles. The zero-order chi connectivity index (χ0) is 11.7. The van der Waals surface area contributed by atoms with Crippen LogP contribution in [0.1, 0.15) is 31.1 Å². The van der Waals surface area contributed by atoms with Gasteiger partial charge in [-0.15, -0.1) is 11.3 Å². The summed E-state index contributed by atoms with van der Waals surface area (Å²) in [6, 6.07) is 4.50. The summed E-state index contributed by atoms with van der Waals surface area (Å²) in [4.78, 5) is 5.59. The molecule has 2 atom stereocenters. The fraction of sp³-hybridized carbons (Fsp3) is 0.500. The van der Waals surface area contributed by atoms with E-state index in [2.05, 4.69) is 15.5 Å². The highest BCUT2D eigenvalue weighted by Gasteiger charge is 2.31. The predicted molar refractivity (Wildman–Crippen MR) is 67.1 cm³/mol. The van der Waals surface area contributed by atoms with E-state index in [4.69, 9.17) is 4.52 Å². The fourth-order valence-electron chi connectivity index (χ4n) is 2.49. The molecule has 1 fully saturated rings. The zero-order valence-corrected chi connectivity index (χ0v) is 10.5. The van der Waals surface area contributed by atoms with E-state index in [1.807, 2.05) is 24.6 Å². The summed E-state index contributed by atoms with van der Waals surface area (Å²) in [7, 11) is 2.00. The maximum atomic E-state index is 5.41. The lowest BCUT2D eigenvalue weighted by Gasteiger charge is -2.14. The van der Waals surface area contributed by atoms with Crippen LogP contribution in [0.2, 0.25) is 0 Å². The van der Waals surface area contributed by atoms with Crippen LogP contribution in [-0.2, 0) is 0 Å². The average molecular weight is 249 g/mol. The van der Waals surface area contributed by atoms with Gasteiger partial charge in [0.25, 0.3) is 0 Å². The van der Waals surface area contributed by atoms with Gasteiger partial charge in [0, 0.05) is 6.04 Å². The van der Waals surface area contributed by atoms with Crippen LogP contribution in [-0.4, -0.2) is 23.2 Å². The molecule has 17 heavy (non-hydrogen) atoms. The summed E-state index contributed by atoms with van der Waals surface area (Å²) >= 11 is 1.64. The van der Waals surface area contributed by atoms with Crippen molar-refractivity contribution < 1.29 is 4.52 Å². The van der Waals surface area contributed by atoms with Gasteiger partial charge in [0.05, 0.1) is 10.8 Å². The van der Waals surface area contributed by atoms with Crippen LogP contribution >= 0.6 is 11.3 Å². The highest BCUT2D eigenvalue weighted by Crippen LogP contribution is 2.34. The molecule has 0 aromatic carbocycles. The second-order valence-corrected chi connectivity index (χ2v) is 5.31.